The third-order valence-corrected chi connectivity index (χ3v) is 6.83. The number of aliphatic imine (C=N–C) groups is 1. The standard InChI is InChI=1S/C17H21N3O2S2/c1-10-18-15-13(14(24-10)12-5-4-8-23-12)16(21)19-20(15)11-6-7-22-17(2,3)9-11/h4-5,8,11,14H,6-7,9H2,1-3H3,(H,19,21)/t11-,14-/m0/s1. The van der Waals surface area contributed by atoms with Crippen LogP contribution in [0.2, 0.25) is 0 Å². The zero-order chi connectivity index (χ0) is 16.9. The minimum absolute atomic E-state index is 0.0172. The van der Waals surface area contributed by atoms with Crippen LogP contribution in [-0.2, 0) is 4.74 Å². The van der Waals surface area contributed by atoms with Gasteiger partial charge in [0.15, 0.2) is 5.82 Å². The summed E-state index contributed by atoms with van der Waals surface area (Å²) in [5, 5.41) is 6.16. The summed E-state index contributed by atoms with van der Waals surface area (Å²) in [5.41, 5.74) is 0.598. The van der Waals surface area contributed by atoms with Crippen molar-refractivity contribution in [3.63, 3.8) is 0 Å². The van der Waals surface area contributed by atoms with E-state index >= 15 is 0 Å². The van der Waals surface area contributed by atoms with Crippen LogP contribution >= 0.6 is 23.1 Å². The highest BCUT2D eigenvalue weighted by atomic mass is 32.2. The Morgan fingerprint density at radius 2 is 2.29 bits per heavy atom. The van der Waals surface area contributed by atoms with Crippen LogP contribution in [0.5, 0.6) is 0 Å². The van der Waals surface area contributed by atoms with Crippen molar-refractivity contribution in [1.29, 1.82) is 0 Å². The van der Waals surface area contributed by atoms with Crippen LogP contribution in [0.4, 0.5) is 5.82 Å². The molecule has 0 amide bonds. The molecule has 2 aromatic rings. The van der Waals surface area contributed by atoms with Gasteiger partial charge in [0, 0.05) is 11.5 Å². The van der Waals surface area contributed by atoms with Crippen LogP contribution in [-0.4, -0.2) is 27.0 Å². The number of aromatic amines is 1. The summed E-state index contributed by atoms with van der Waals surface area (Å²) in [6.07, 6.45) is 1.77. The second-order valence-electron chi connectivity index (χ2n) is 6.95. The Morgan fingerprint density at radius 1 is 1.46 bits per heavy atom. The van der Waals surface area contributed by atoms with Gasteiger partial charge in [-0.1, -0.05) is 17.8 Å². The van der Waals surface area contributed by atoms with E-state index in [4.69, 9.17) is 9.73 Å². The molecule has 4 heterocycles. The predicted molar refractivity (Wildman–Crippen MR) is 99.9 cm³/mol. The maximum Gasteiger partial charge on any atom is 0.271 e. The highest BCUT2D eigenvalue weighted by molar-refractivity contribution is 8.14. The monoisotopic (exact) mass is 363 g/mol. The maximum absolute atomic E-state index is 12.7. The summed E-state index contributed by atoms with van der Waals surface area (Å²) >= 11 is 3.35. The van der Waals surface area contributed by atoms with Gasteiger partial charge in [0.05, 0.1) is 27.5 Å². The summed E-state index contributed by atoms with van der Waals surface area (Å²) in [4.78, 5) is 18.6. The van der Waals surface area contributed by atoms with Crippen LogP contribution in [0.1, 0.15) is 55.3 Å². The molecule has 7 heteroatoms. The molecule has 24 heavy (non-hydrogen) atoms. The van der Waals surface area contributed by atoms with Crippen molar-refractivity contribution in [2.75, 3.05) is 6.61 Å². The molecule has 2 aromatic heterocycles. The molecular formula is C17H21N3O2S2. The molecule has 0 bridgehead atoms. The van der Waals surface area contributed by atoms with Crippen molar-refractivity contribution < 1.29 is 4.74 Å². The molecule has 2 aliphatic rings. The molecule has 0 saturated carbocycles. The summed E-state index contributed by atoms with van der Waals surface area (Å²) in [5.74, 6) is 0.803. The van der Waals surface area contributed by atoms with Crippen molar-refractivity contribution in [3.8, 4) is 0 Å². The first-order valence-electron chi connectivity index (χ1n) is 8.18. The summed E-state index contributed by atoms with van der Waals surface area (Å²) in [6.45, 7) is 6.93. The second kappa shape index (κ2) is 5.89. The van der Waals surface area contributed by atoms with Gasteiger partial charge in [-0.05, 0) is 45.1 Å². The van der Waals surface area contributed by atoms with E-state index in [1.165, 1.54) is 4.88 Å². The summed E-state index contributed by atoms with van der Waals surface area (Å²) in [7, 11) is 0. The highest BCUT2D eigenvalue weighted by Gasteiger charge is 2.35. The smallest absolute Gasteiger partial charge is 0.271 e. The number of thioether (sulfide) groups is 1. The first-order valence-corrected chi connectivity index (χ1v) is 9.94. The molecule has 0 unspecified atom stereocenters. The first-order chi connectivity index (χ1) is 11.4. The van der Waals surface area contributed by atoms with Gasteiger partial charge in [-0.15, -0.1) is 11.3 Å². The molecule has 0 radical (unpaired) electrons. The fourth-order valence-electron chi connectivity index (χ4n) is 3.53. The van der Waals surface area contributed by atoms with E-state index < -0.39 is 0 Å². The number of rotatable bonds is 2. The number of H-pyrrole nitrogens is 1. The van der Waals surface area contributed by atoms with Gasteiger partial charge in [0.2, 0.25) is 0 Å². The predicted octanol–water partition coefficient (Wildman–Crippen LogP) is 4.25. The normalized spacial score (nSPS) is 26.0. The highest BCUT2D eigenvalue weighted by Crippen LogP contribution is 2.46. The lowest BCUT2D eigenvalue weighted by Gasteiger charge is -2.36. The number of hydrogen-bond donors (Lipinski definition) is 1. The molecule has 1 fully saturated rings. The summed E-state index contributed by atoms with van der Waals surface area (Å²) < 4.78 is 7.82. The molecule has 5 nitrogen and oxygen atoms in total. The van der Waals surface area contributed by atoms with E-state index in [0.29, 0.717) is 6.61 Å². The number of hydrogen-bond acceptors (Lipinski definition) is 5. The quantitative estimate of drug-likeness (QED) is 0.867. The zero-order valence-corrected chi connectivity index (χ0v) is 15.7. The lowest BCUT2D eigenvalue weighted by atomic mass is 9.94. The van der Waals surface area contributed by atoms with Crippen molar-refractivity contribution >= 4 is 34.0 Å². The van der Waals surface area contributed by atoms with Crippen LogP contribution in [0, 0.1) is 0 Å². The lowest BCUT2D eigenvalue weighted by Crippen LogP contribution is -2.35. The second-order valence-corrected chi connectivity index (χ2v) is 9.22. The number of aromatic nitrogens is 2. The Labute approximate surface area is 149 Å². The van der Waals surface area contributed by atoms with Gasteiger partial charge >= 0.3 is 0 Å². The number of nitrogens with zero attached hydrogens (tertiary/aromatic N) is 2. The van der Waals surface area contributed by atoms with Crippen molar-refractivity contribution in [2.24, 2.45) is 4.99 Å². The zero-order valence-electron chi connectivity index (χ0n) is 14.0. The molecule has 0 aliphatic carbocycles. The third-order valence-electron chi connectivity index (χ3n) is 4.59. The maximum atomic E-state index is 12.7. The minimum atomic E-state index is -0.174. The van der Waals surface area contributed by atoms with E-state index in [2.05, 4.69) is 30.4 Å². The molecule has 1 saturated heterocycles. The van der Waals surface area contributed by atoms with Crippen LogP contribution < -0.4 is 5.56 Å². The average Bonchev–Trinajstić information content (AvgIpc) is 3.14. The molecule has 0 aromatic carbocycles. The van der Waals surface area contributed by atoms with Crippen molar-refractivity contribution in [3.05, 3.63) is 38.3 Å². The van der Waals surface area contributed by atoms with Crippen LogP contribution in [0.25, 0.3) is 0 Å². The van der Waals surface area contributed by atoms with Crippen LogP contribution in [0.15, 0.2) is 27.3 Å². The Kier molecular flexibility index (Phi) is 3.97. The van der Waals surface area contributed by atoms with Crippen molar-refractivity contribution in [2.45, 2.75) is 50.5 Å². The van der Waals surface area contributed by atoms with Crippen LogP contribution in [0.3, 0.4) is 0 Å². The number of thiophene rings is 1. The van der Waals surface area contributed by atoms with Gasteiger partial charge in [-0.3, -0.25) is 14.6 Å². The van der Waals surface area contributed by atoms with Gasteiger partial charge < -0.3 is 4.74 Å². The van der Waals surface area contributed by atoms with E-state index in [0.717, 1.165) is 29.3 Å². The largest absolute Gasteiger partial charge is 0.375 e. The first kappa shape index (κ1) is 16.2. The van der Waals surface area contributed by atoms with Crippen molar-refractivity contribution in [1.82, 2.24) is 9.78 Å². The SMILES string of the molecule is CC1=Nc2c(c(=O)[nH]n2[C@H]2CCOC(C)(C)C2)[C@H](c2cccs2)S1. The molecular weight excluding hydrogens is 342 g/mol. The molecule has 2 aliphatic heterocycles. The van der Waals surface area contributed by atoms with E-state index in [9.17, 15) is 4.79 Å². The minimum Gasteiger partial charge on any atom is -0.375 e. The fourth-order valence-corrected chi connectivity index (χ4v) is 5.56. The Morgan fingerprint density at radius 3 is 3.00 bits per heavy atom. The Hall–Kier alpha value is -1.31. The lowest BCUT2D eigenvalue weighted by molar-refractivity contribution is -0.0705. The molecule has 1 N–H and O–H groups in total. The number of ether oxygens (including phenoxy) is 1. The van der Waals surface area contributed by atoms with Gasteiger partial charge in [-0.2, -0.15) is 0 Å². The summed E-state index contributed by atoms with van der Waals surface area (Å²) in [6, 6.07) is 4.35. The molecule has 0 spiro atoms. The third kappa shape index (κ3) is 2.78. The number of nitrogens with one attached hydrogen (secondary N) is 1. The topological polar surface area (TPSA) is 59.4 Å². The molecule has 4 rings (SSSR count). The average molecular weight is 364 g/mol. The number of fused-ring (bicyclic) bond motifs is 1. The van der Waals surface area contributed by atoms with E-state index in [-0.39, 0.29) is 22.5 Å². The van der Waals surface area contributed by atoms with E-state index in [1.54, 1.807) is 23.1 Å². The Balaban J connectivity index is 1.80. The van der Waals surface area contributed by atoms with Gasteiger partial charge in [0.1, 0.15) is 0 Å². The Bertz CT molecular complexity index is 833. The fraction of sp³-hybridized carbons (Fsp3) is 0.529. The van der Waals surface area contributed by atoms with Gasteiger partial charge in [0.25, 0.3) is 5.56 Å². The molecule has 2 atom stereocenters. The molecule has 128 valence electrons. The van der Waals surface area contributed by atoms with Gasteiger partial charge in [-0.25, -0.2) is 4.99 Å². The van der Waals surface area contributed by atoms with E-state index in [1.807, 2.05) is 17.7 Å².